The van der Waals surface area contributed by atoms with Crippen LogP contribution in [-0.4, -0.2) is 23.2 Å². The Balaban J connectivity index is 1.95. The van der Waals surface area contributed by atoms with Gasteiger partial charge in [0.1, 0.15) is 6.07 Å². The van der Waals surface area contributed by atoms with Crippen LogP contribution in [0.1, 0.15) is 16.1 Å². The van der Waals surface area contributed by atoms with Gasteiger partial charge in [-0.2, -0.15) is 36.7 Å². The predicted octanol–water partition coefficient (Wildman–Crippen LogP) is 4.92. The summed E-state index contributed by atoms with van der Waals surface area (Å²) >= 11 is 0.896. The van der Waals surface area contributed by atoms with Crippen LogP contribution in [0, 0.1) is 11.3 Å². The number of rotatable bonds is 4. The number of aryl methyl sites for hydroxylation is 1. The van der Waals surface area contributed by atoms with Crippen LogP contribution in [0.15, 0.2) is 46.5 Å². The van der Waals surface area contributed by atoms with Crippen molar-refractivity contribution in [3.05, 3.63) is 57.6 Å². The number of aromatic nitrogens is 3. The number of nitrogens with zero attached hydrogens (tertiary/aromatic N) is 4. The van der Waals surface area contributed by atoms with Crippen LogP contribution in [0.2, 0.25) is 0 Å². The minimum absolute atomic E-state index is 0.118. The Hall–Kier alpha value is -3.18. The third-order valence-electron chi connectivity index (χ3n) is 4.06. The van der Waals surface area contributed by atoms with E-state index in [2.05, 4.69) is 10.1 Å². The zero-order valence-electron chi connectivity index (χ0n) is 15.7. The molecule has 0 spiro atoms. The van der Waals surface area contributed by atoms with E-state index in [1.165, 1.54) is 25.2 Å². The first-order chi connectivity index (χ1) is 14.7. The van der Waals surface area contributed by atoms with E-state index in [9.17, 15) is 40.0 Å². The van der Waals surface area contributed by atoms with Gasteiger partial charge in [0.25, 0.3) is 0 Å². The summed E-state index contributed by atoms with van der Waals surface area (Å²) in [5.74, 6) is 0. The Morgan fingerprint density at radius 3 is 2.31 bits per heavy atom. The van der Waals surface area contributed by atoms with E-state index in [-0.39, 0.29) is 10.6 Å². The van der Waals surface area contributed by atoms with E-state index in [1.54, 1.807) is 0 Å². The molecule has 0 saturated carbocycles. The number of thiophene rings is 1. The molecular formula is C18H10F6N4O2S2. The van der Waals surface area contributed by atoms with E-state index < -0.39 is 43.4 Å². The lowest BCUT2D eigenvalue weighted by atomic mass is 10.3. The van der Waals surface area contributed by atoms with Gasteiger partial charge in [-0.05, 0) is 36.4 Å². The molecule has 0 aliphatic heterocycles. The second kappa shape index (κ2) is 8.06. The lowest BCUT2D eigenvalue weighted by molar-refractivity contribution is -0.141. The van der Waals surface area contributed by atoms with Gasteiger partial charge in [-0.25, -0.2) is 13.4 Å². The highest BCUT2D eigenvalue weighted by atomic mass is 32.2. The number of hydrogen-bond donors (Lipinski definition) is 0. The molecule has 0 fully saturated rings. The molecule has 0 atom stereocenters. The Kier molecular flexibility index (Phi) is 5.92. The Morgan fingerprint density at radius 2 is 1.81 bits per heavy atom. The number of nitriles is 1. The van der Waals surface area contributed by atoms with Crippen LogP contribution in [0.5, 0.6) is 0 Å². The fraction of sp³-hybridized carbons (Fsp3) is 0.167. The third kappa shape index (κ3) is 4.68. The zero-order chi connectivity index (χ0) is 23.9. The molecule has 3 aromatic heterocycles. The Bertz CT molecular complexity index is 1330. The van der Waals surface area contributed by atoms with Gasteiger partial charge in [-0.1, -0.05) is 0 Å². The maximum Gasteiger partial charge on any atom is 0.435 e. The highest BCUT2D eigenvalue weighted by Gasteiger charge is 2.35. The summed E-state index contributed by atoms with van der Waals surface area (Å²) in [5.41, 5.74) is -2.14. The highest BCUT2D eigenvalue weighted by Crippen LogP contribution is 2.35. The first-order valence-corrected chi connectivity index (χ1v) is 10.6. The molecule has 0 aliphatic carbocycles. The van der Waals surface area contributed by atoms with Crippen molar-refractivity contribution in [2.24, 2.45) is 7.05 Å². The summed E-state index contributed by atoms with van der Waals surface area (Å²) in [4.78, 5) is 3.04. The van der Waals surface area contributed by atoms with Gasteiger partial charge in [-0.15, -0.1) is 11.3 Å². The van der Waals surface area contributed by atoms with Crippen molar-refractivity contribution in [2.45, 2.75) is 17.4 Å². The smallest absolute Gasteiger partial charge is 0.267 e. The number of halogens is 6. The van der Waals surface area contributed by atoms with Crippen molar-refractivity contribution >= 4 is 27.3 Å². The van der Waals surface area contributed by atoms with E-state index in [4.69, 9.17) is 0 Å². The average Bonchev–Trinajstić information content (AvgIpc) is 3.31. The van der Waals surface area contributed by atoms with E-state index >= 15 is 0 Å². The van der Waals surface area contributed by atoms with Gasteiger partial charge in [-0.3, -0.25) is 4.68 Å². The Morgan fingerprint density at radius 1 is 1.12 bits per heavy atom. The second-order valence-electron chi connectivity index (χ2n) is 6.24. The zero-order valence-corrected chi connectivity index (χ0v) is 17.4. The molecule has 0 N–H and O–H groups in total. The van der Waals surface area contributed by atoms with Gasteiger partial charge < -0.3 is 0 Å². The van der Waals surface area contributed by atoms with Crippen molar-refractivity contribution in [2.75, 3.05) is 0 Å². The van der Waals surface area contributed by atoms with Crippen molar-refractivity contribution in [1.82, 2.24) is 14.8 Å². The molecule has 0 unspecified atom stereocenters. The molecular weight excluding hydrogens is 482 g/mol. The first-order valence-electron chi connectivity index (χ1n) is 8.35. The molecule has 0 bridgehead atoms. The van der Waals surface area contributed by atoms with Gasteiger partial charge in [0.05, 0.1) is 16.1 Å². The largest absolute Gasteiger partial charge is 0.435 e. The summed E-state index contributed by atoms with van der Waals surface area (Å²) < 4.78 is 103. The maximum absolute atomic E-state index is 12.8. The lowest BCUT2D eigenvalue weighted by Crippen LogP contribution is -2.09. The van der Waals surface area contributed by atoms with Crippen molar-refractivity contribution in [1.29, 1.82) is 5.26 Å². The summed E-state index contributed by atoms with van der Waals surface area (Å²) in [5, 5.41) is 11.9. The monoisotopic (exact) mass is 492 g/mol. The molecule has 168 valence electrons. The van der Waals surface area contributed by atoms with Crippen LogP contribution in [0.3, 0.4) is 0 Å². The molecule has 0 aliphatic rings. The molecule has 14 heteroatoms. The normalized spacial score (nSPS) is 13.2. The summed E-state index contributed by atoms with van der Waals surface area (Å²) in [6, 6.07) is 6.26. The van der Waals surface area contributed by atoms with Crippen LogP contribution in [0.25, 0.3) is 16.6 Å². The van der Waals surface area contributed by atoms with Crippen molar-refractivity contribution < 1.29 is 34.8 Å². The first kappa shape index (κ1) is 23.5. The second-order valence-corrected chi connectivity index (χ2v) is 9.23. The average molecular weight is 492 g/mol. The topological polar surface area (TPSA) is 88.6 Å². The summed E-state index contributed by atoms with van der Waals surface area (Å²) in [6.45, 7) is 0. The van der Waals surface area contributed by atoms with Crippen LogP contribution >= 0.6 is 11.3 Å². The van der Waals surface area contributed by atoms with Crippen LogP contribution in [-0.2, 0) is 29.2 Å². The van der Waals surface area contributed by atoms with Gasteiger partial charge >= 0.3 is 12.4 Å². The summed E-state index contributed by atoms with van der Waals surface area (Å²) in [6.07, 6.45) is -8.06. The lowest BCUT2D eigenvalue weighted by Gasteiger charge is -2.07. The number of pyridine rings is 1. The van der Waals surface area contributed by atoms with E-state index in [0.717, 1.165) is 28.2 Å². The molecule has 32 heavy (non-hydrogen) atoms. The van der Waals surface area contributed by atoms with E-state index in [1.807, 2.05) is 0 Å². The number of allylic oxidation sites excluding steroid dienone is 1. The van der Waals surface area contributed by atoms with Gasteiger partial charge in [0.15, 0.2) is 15.6 Å². The van der Waals surface area contributed by atoms with Gasteiger partial charge in [0.2, 0.25) is 9.84 Å². The molecule has 0 amide bonds. The molecule has 3 aromatic rings. The summed E-state index contributed by atoms with van der Waals surface area (Å²) in [7, 11) is -3.22. The van der Waals surface area contributed by atoms with E-state index in [0.29, 0.717) is 23.2 Å². The fourth-order valence-electron chi connectivity index (χ4n) is 2.52. The molecule has 3 rings (SSSR count). The maximum atomic E-state index is 12.8. The Labute approximate surface area is 181 Å². The number of alkyl halides is 6. The standard InChI is InChI=1S/C18H10F6N4O2S2/c1-28-13(7-15(27-28)18(22,23)24)14-4-3-11(31-14)6-12(8-25)32(29,30)16-5-2-10(9-26-16)17(19,20)21/h2-7,9H,1H3/b12-6+. The molecule has 3 heterocycles. The molecule has 0 radical (unpaired) electrons. The number of sulfone groups is 1. The molecule has 0 saturated heterocycles. The predicted molar refractivity (Wildman–Crippen MR) is 102 cm³/mol. The SMILES string of the molecule is Cn1nc(C(F)(F)F)cc1-c1ccc(/C=C(\C#N)S(=O)(=O)c2ccc(C(F)(F)F)cn2)s1. The minimum atomic E-state index is -4.71. The minimum Gasteiger partial charge on any atom is -0.267 e. The molecule has 0 aromatic carbocycles. The quantitative estimate of drug-likeness (QED) is 0.381. The van der Waals surface area contributed by atoms with Gasteiger partial charge in [0, 0.05) is 18.1 Å². The van der Waals surface area contributed by atoms with Crippen LogP contribution < -0.4 is 0 Å². The fourth-order valence-corrected chi connectivity index (χ4v) is 4.66. The number of hydrogen-bond acceptors (Lipinski definition) is 6. The molecule has 6 nitrogen and oxygen atoms in total. The van der Waals surface area contributed by atoms with Crippen LogP contribution in [0.4, 0.5) is 26.3 Å². The highest BCUT2D eigenvalue weighted by molar-refractivity contribution is 7.95. The van der Waals surface area contributed by atoms with Crippen molar-refractivity contribution in [3.63, 3.8) is 0 Å². The van der Waals surface area contributed by atoms with Crippen molar-refractivity contribution in [3.8, 4) is 16.6 Å². The third-order valence-corrected chi connectivity index (χ3v) is 6.70.